The Bertz CT molecular complexity index is 1350. The Labute approximate surface area is 197 Å². The van der Waals surface area contributed by atoms with Crippen molar-refractivity contribution in [1.82, 2.24) is 14.3 Å². The minimum Gasteiger partial charge on any atom is -0.496 e. The molecule has 0 aliphatic carbocycles. The average Bonchev–Trinajstić information content (AvgIpc) is 3.49. The molecule has 1 N–H and O–H groups in total. The van der Waals surface area contributed by atoms with Gasteiger partial charge >= 0.3 is 5.97 Å². The SMILES string of the molecule is COc1cccc(C(=O)O)c1Cn1ccc(/C=C/Cn2cccc2C(=O)c2ccc(C)cc2)n1. The molecule has 0 radical (unpaired) electrons. The summed E-state index contributed by atoms with van der Waals surface area (Å²) in [6.07, 6.45) is 7.47. The van der Waals surface area contributed by atoms with Crippen LogP contribution in [0, 0.1) is 6.92 Å². The van der Waals surface area contributed by atoms with Crippen LogP contribution >= 0.6 is 0 Å². The van der Waals surface area contributed by atoms with Crippen molar-refractivity contribution in [1.29, 1.82) is 0 Å². The number of carboxylic acids is 1. The van der Waals surface area contributed by atoms with Crippen LogP contribution in [0.15, 0.2) is 79.1 Å². The number of ketones is 1. The number of benzene rings is 2. The van der Waals surface area contributed by atoms with Crippen LogP contribution in [0.25, 0.3) is 6.08 Å². The summed E-state index contributed by atoms with van der Waals surface area (Å²) >= 11 is 0. The van der Waals surface area contributed by atoms with E-state index in [2.05, 4.69) is 5.10 Å². The highest BCUT2D eigenvalue weighted by Crippen LogP contribution is 2.23. The van der Waals surface area contributed by atoms with Gasteiger partial charge in [-0.2, -0.15) is 5.10 Å². The molecule has 2 aromatic heterocycles. The quantitative estimate of drug-likeness (QED) is 0.370. The van der Waals surface area contributed by atoms with Crippen LogP contribution in [0.1, 0.15) is 43.2 Å². The summed E-state index contributed by atoms with van der Waals surface area (Å²) in [5.41, 5.74) is 3.86. The molecule has 0 spiro atoms. The lowest BCUT2D eigenvalue weighted by Crippen LogP contribution is -2.09. The summed E-state index contributed by atoms with van der Waals surface area (Å²) in [7, 11) is 1.51. The highest BCUT2D eigenvalue weighted by atomic mass is 16.5. The van der Waals surface area contributed by atoms with Gasteiger partial charge in [-0.1, -0.05) is 42.0 Å². The molecule has 0 saturated heterocycles. The number of aromatic carboxylic acids is 1. The third kappa shape index (κ3) is 4.99. The predicted molar refractivity (Wildman–Crippen MR) is 129 cm³/mol. The van der Waals surface area contributed by atoms with E-state index in [1.54, 1.807) is 29.1 Å². The number of carbonyl (C=O) groups excluding carboxylic acids is 1. The number of nitrogens with zero attached hydrogens (tertiary/aromatic N) is 3. The van der Waals surface area contributed by atoms with E-state index in [0.717, 1.165) is 11.3 Å². The summed E-state index contributed by atoms with van der Waals surface area (Å²) < 4.78 is 8.91. The first-order chi connectivity index (χ1) is 16.5. The van der Waals surface area contributed by atoms with E-state index in [4.69, 9.17) is 4.74 Å². The molecule has 0 amide bonds. The van der Waals surface area contributed by atoms with E-state index in [1.165, 1.54) is 7.11 Å². The smallest absolute Gasteiger partial charge is 0.336 e. The summed E-state index contributed by atoms with van der Waals surface area (Å²) in [6, 6.07) is 18.0. The molecule has 34 heavy (non-hydrogen) atoms. The lowest BCUT2D eigenvalue weighted by Gasteiger charge is -2.11. The van der Waals surface area contributed by atoms with E-state index in [1.807, 2.05) is 72.3 Å². The molecule has 0 aliphatic heterocycles. The molecule has 0 fully saturated rings. The van der Waals surface area contributed by atoms with E-state index in [0.29, 0.717) is 29.1 Å². The van der Waals surface area contributed by atoms with Crippen molar-refractivity contribution in [2.75, 3.05) is 7.11 Å². The molecule has 2 heterocycles. The topological polar surface area (TPSA) is 86.4 Å². The highest BCUT2D eigenvalue weighted by molar-refractivity contribution is 6.08. The minimum absolute atomic E-state index is 0.0197. The van der Waals surface area contributed by atoms with Crippen LogP contribution in [0.4, 0.5) is 0 Å². The van der Waals surface area contributed by atoms with Crippen LogP contribution in [0.5, 0.6) is 5.75 Å². The molecule has 2 aromatic carbocycles. The second-order valence-corrected chi connectivity index (χ2v) is 7.87. The van der Waals surface area contributed by atoms with Gasteiger partial charge in [-0.05, 0) is 43.3 Å². The standard InChI is InChI=1S/C27H25N3O4/c1-19-10-12-20(13-11-19)26(31)24-8-5-16-29(24)15-4-6-21-14-17-30(28-21)18-23-22(27(32)33)7-3-9-25(23)34-2/h3-14,16-17H,15,18H2,1-2H3,(H,32,33)/b6-4+. The fourth-order valence-electron chi connectivity index (χ4n) is 3.76. The van der Waals surface area contributed by atoms with Gasteiger partial charge in [-0.3, -0.25) is 9.48 Å². The summed E-state index contributed by atoms with van der Waals surface area (Å²) in [4.78, 5) is 24.5. The first-order valence-corrected chi connectivity index (χ1v) is 10.8. The van der Waals surface area contributed by atoms with Gasteiger partial charge in [0.2, 0.25) is 5.78 Å². The van der Waals surface area contributed by atoms with Crippen LogP contribution in [-0.2, 0) is 13.1 Å². The average molecular weight is 456 g/mol. The number of hydrogen-bond donors (Lipinski definition) is 1. The molecule has 0 saturated carbocycles. The number of allylic oxidation sites excluding steroid dienone is 1. The Hall–Kier alpha value is -4.39. The largest absolute Gasteiger partial charge is 0.496 e. The van der Waals surface area contributed by atoms with E-state index in [9.17, 15) is 14.7 Å². The van der Waals surface area contributed by atoms with E-state index < -0.39 is 5.97 Å². The van der Waals surface area contributed by atoms with Crippen LogP contribution in [0.3, 0.4) is 0 Å². The zero-order valence-corrected chi connectivity index (χ0v) is 19.0. The van der Waals surface area contributed by atoms with Crippen molar-refractivity contribution in [3.63, 3.8) is 0 Å². The third-order valence-corrected chi connectivity index (χ3v) is 5.53. The molecular formula is C27H25N3O4. The zero-order chi connectivity index (χ0) is 24.1. The predicted octanol–water partition coefficient (Wildman–Crippen LogP) is 4.69. The number of ether oxygens (including phenoxy) is 1. The van der Waals surface area contributed by atoms with Gasteiger partial charge in [0, 0.05) is 30.1 Å². The van der Waals surface area contributed by atoms with Crippen LogP contribution in [0.2, 0.25) is 0 Å². The van der Waals surface area contributed by atoms with Crippen molar-refractivity contribution in [2.24, 2.45) is 0 Å². The number of aryl methyl sites for hydroxylation is 1. The Morgan fingerprint density at radius 2 is 1.82 bits per heavy atom. The Kier molecular flexibility index (Phi) is 6.73. The number of aromatic nitrogens is 3. The second kappa shape index (κ2) is 10.0. The van der Waals surface area contributed by atoms with Crippen molar-refractivity contribution in [2.45, 2.75) is 20.0 Å². The number of hydrogen-bond acceptors (Lipinski definition) is 4. The molecule has 4 rings (SSSR count). The maximum absolute atomic E-state index is 12.9. The van der Waals surface area contributed by atoms with Crippen molar-refractivity contribution >= 4 is 17.8 Å². The highest BCUT2D eigenvalue weighted by Gasteiger charge is 2.16. The summed E-state index contributed by atoms with van der Waals surface area (Å²) in [6.45, 7) is 2.78. The molecule has 4 aromatic rings. The number of carboxylic acid groups (broad SMARTS) is 1. The summed E-state index contributed by atoms with van der Waals surface area (Å²) in [5, 5.41) is 14.0. The molecule has 172 valence electrons. The van der Waals surface area contributed by atoms with Gasteiger partial charge in [-0.25, -0.2) is 4.79 Å². The zero-order valence-electron chi connectivity index (χ0n) is 19.0. The summed E-state index contributed by atoms with van der Waals surface area (Å²) in [5.74, 6) is -0.525. The molecule has 7 heteroatoms. The minimum atomic E-state index is -1.01. The van der Waals surface area contributed by atoms with Crippen molar-refractivity contribution in [3.8, 4) is 5.75 Å². The molecular weight excluding hydrogens is 430 g/mol. The lowest BCUT2D eigenvalue weighted by molar-refractivity contribution is 0.0694. The first-order valence-electron chi connectivity index (χ1n) is 10.8. The van der Waals surface area contributed by atoms with Gasteiger partial charge in [0.1, 0.15) is 5.75 Å². The van der Waals surface area contributed by atoms with Gasteiger partial charge in [0.05, 0.1) is 30.6 Å². The van der Waals surface area contributed by atoms with Crippen LogP contribution < -0.4 is 4.74 Å². The normalized spacial score (nSPS) is 11.1. The molecule has 0 bridgehead atoms. The van der Waals surface area contributed by atoms with Gasteiger partial charge in [-0.15, -0.1) is 0 Å². The molecule has 7 nitrogen and oxygen atoms in total. The lowest BCUT2D eigenvalue weighted by atomic mass is 10.1. The number of carbonyl (C=O) groups is 2. The fourth-order valence-corrected chi connectivity index (χ4v) is 3.76. The first kappa shape index (κ1) is 22.8. The van der Waals surface area contributed by atoms with Gasteiger partial charge in [0.15, 0.2) is 0 Å². The Morgan fingerprint density at radius 1 is 1.03 bits per heavy atom. The van der Waals surface area contributed by atoms with Crippen LogP contribution in [-0.4, -0.2) is 38.3 Å². The number of rotatable bonds is 9. The monoisotopic (exact) mass is 455 g/mol. The second-order valence-electron chi connectivity index (χ2n) is 7.87. The van der Waals surface area contributed by atoms with E-state index >= 15 is 0 Å². The third-order valence-electron chi connectivity index (χ3n) is 5.53. The van der Waals surface area contributed by atoms with Crippen molar-refractivity contribution < 1.29 is 19.4 Å². The Morgan fingerprint density at radius 3 is 2.56 bits per heavy atom. The molecule has 0 atom stereocenters. The Balaban J connectivity index is 1.46. The van der Waals surface area contributed by atoms with Gasteiger partial charge < -0.3 is 14.4 Å². The molecule has 0 aliphatic rings. The maximum atomic E-state index is 12.9. The number of methoxy groups -OCH3 is 1. The molecule has 0 unspecified atom stereocenters. The maximum Gasteiger partial charge on any atom is 0.336 e. The fraction of sp³-hybridized carbons (Fsp3) is 0.148. The van der Waals surface area contributed by atoms with E-state index in [-0.39, 0.29) is 17.9 Å². The van der Waals surface area contributed by atoms with Gasteiger partial charge in [0.25, 0.3) is 0 Å². The van der Waals surface area contributed by atoms with Crippen molar-refractivity contribution in [3.05, 3.63) is 113 Å².